The van der Waals surface area contributed by atoms with Gasteiger partial charge in [0.25, 0.3) is 5.91 Å². The van der Waals surface area contributed by atoms with Crippen LogP contribution in [0.5, 0.6) is 5.75 Å². The van der Waals surface area contributed by atoms with Crippen LogP contribution in [0.3, 0.4) is 0 Å². The largest absolute Gasteiger partial charge is 0.496 e. The molecule has 1 amide bonds. The lowest BCUT2D eigenvalue weighted by molar-refractivity contribution is 0.0938. The van der Waals surface area contributed by atoms with Gasteiger partial charge >= 0.3 is 0 Å². The standard InChI is InChI=1S/C21H24N4O2S/c1-25-12-15(11-23-25)20-24-17(13-28-20)19(26)22-14-21(9-5-6-10-21)16-7-3-4-8-18(16)27-2/h3-4,7-8,11-13H,5-6,9-10,14H2,1-2H3,(H,22,26). The van der Waals surface area contributed by atoms with Crippen LogP contribution in [0.4, 0.5) is 0 Å². The number of rotatable bonds is 6. The highest BCUT2D eigenvalue weighted by atomic mass is 32.1. The molecular formula is C21H24N4O2S. The van der Waals surface area contributed by atoms with Crippen LogP contribution in [0.25, 0.3) is 10.6 Å². The first-order valence-corrected chi connectivity index (χ1v) is 10.4. The lowest BCUT2D eigenvalue weighted by Crippen LogP contribution is -2.39. The van der Waals surface area contributed by atoms with Crippen molar-refractivity contribution in [2.45, 2.75) is 31.1 Å². The van der Waals surface area contributed by atoms with Gasteiger partial charge in [-0.1, -0.05) is 31.0 Å². The van der Waals surface area contributed by atoms with Crippen molar-refractivity contribution >= 4 is 17.2 Å². The number of thiazole rings is 1. The second-order valence-corrected chi connectivity index (χ2v) is 8.17. The maximum atomic E-state index is 12.8. The van der Waals surface area contributed by atoms with E-state index in [1.165, 1.54) is 16.9 Å². The van der Waals surface area contributed by atoms with Gasteiger partial charge in [-0.25, -0.2) is 4.98 Å². The van der Waals surface area contributed by atoms with Gasteiger partial charge in [-0.2, -0.15) is 5.10 Å². The number of amides is 1. The zero-order chi connectivity index (χ0) is 19.6. The number of methoxy groups -OCH3 is 1. The topological polar surface area (TPSA) is 69.0 Å². The fourth-order valence-corrected chi connectivity index (χ4v) is 4.83. The Bertz CT molecular complexity index is 972. The van der Waals surface area contributed by atoms with E-state index in [0.29, 0.717) is 12.2 Å². The van der Waals surface area contributed by atoms with Crippen LogP contribution in [-0.4, -0.2) is 34.3 Å². The smallest absolute Gasteiger partial charge is 0.270 e. The minimum atomic E-state index is -0.132. The van der Waals surface area contributed by atoms with Crippen molar-refractivity contribution in [3.8, 4) is 16.3 Å². The van der Waals surface area contributed by atoms with Gasteiger partial charge < -0.3 is 10.1 Å². The van der Waals surface area contributed by atoms with Gasteiger partial charge in [0, 0.05) is 41.7 Å². The van der Waals surface area contributed by atoms with Gasteiger partial charge in [0.1, 0.15) is 16.5 Å². The van der Waals surface area contributed by atoms with Crippen LogP contribution in [0.2, 0.25) is 0 Å². The lowest BCUT2D eigenvalue weighted by atomic mass is 9.78. The molecule has 4 rings (SSSR count). The summed E-state index contributed by atoms with van der Waals surface area (Å²) in [5.41, 5.74) is 2.49. The molecule has 1 N–H and O–H groups in total. The van der Waals surface area contributed by atoms with Crippen LogP contribution in [0, 0.1) is 0 Å². The van der Waals surface area contributed by atoms with E-state index in [1.807, 2.05) is 36.8 Å². The van der Waals surface area contributed by atoms with Crippen LogP contribution in [0.15, 0.2) is 42.0 Å². The Balaban J connectivity index is 1.51. The molecule has 1 saturated carbocycles. The third-order valence-electron chi connectivity index (χ3n) is 5.51. The molecule has 1 fully saturated rings. The minimum absolute atomic E-state index is 0.0789. The minimum Gasteiger partial charge on any atom is -0.496 e. The van der Waals surface area contributed by atoms with Crippen LogP contribution in [-0.2, 0) is 12.5 Å². The van der Waals surface area contributed by atoms with Gasteiger partial charge in [-0.05, 0) is 18.9 Å². The van der Waals surface area contributed by atoms with Crippen molar-refractivity contribution < 1.29 is 9.53 Å². The molecule has 3 aromatic rings. The van der Waals surface area contributed by atoms with Crippen molar-refractivity contribution in [3.63, 3.8) is 0 Å². The van der Waals surface area contributed by atoms with Crippen molar-refractivity contribution in [2.75, 3.05) is 13.7 Å². The average Bonchev–Trinajstić information content (AvgIpc) is 3.47. The number of benzene rings is 1. The van der Waals surface area contributed by atoms with Gasteiger partial charge in [-0.3, -0.25) is 9.48 Å². The molecule has 6 nitrogen and oxygen atoms in total. The quantitative estimate of drug-likeness (QED) is 0.688. The first kappa shape index (κ1) is 18.7. The van der Waals surface area contributed by atoms with E-state index in [0.717, 1.165) is 42.0 Å². The Hall–Kier alpha value is -2.67. The Morgan fingerprint density at radius 3 is 2.82 bits per heavy atom. The number of para-hydroxylation sites is 1. The summed E-state index contributed by atoms with van der Waals surface area (Å²) in [5.74, 6) is 0.763. The maximum absolute atomic E-state index is 12.8. The monoisotopic (exact) mass is 396 g/mol. The Morgan fingerprint density at radius 1 is 1.32 bits per heavy atom. The van der Waals surface area contributed by atoms with E-state index < -0.39 is 0 Å². The average molecular weight is 397 g/mol. The normalized spacial score (nSPS) is 15.5. The third-order valence-corrected chi connectivity index (χ3v) is 6.41. The predicted octanol–water partition coefficient (Wildman–Crippen LogP) is 3.79. The highest BCUT2D eigenvalue weighted by Crippen LogP contribution is 2.44. The molecule has 0 aliphatic heterocycles. The molecule has 1 aromatic carbocycles. The Morgan fingerprint density at radius 2 is 2.11 bits per heavy atom. The molecule has 0 radical (unpaired) electrons. The van der Waals surface area contributed by atoms with Crippen LogP contribution in [0.1, 0.15) is 41.7 Å². The number of ether oxygens (including phenoxy) is 1. The number of hydrogen-bond acceptors (Lipinski definition) is 5. The summed E-state index contributed by atoms with van der Waals surface area (Å²) in [6.45, 7) is 0.589. The zero-order valence-corrected chi connectivity index (χ0v) is 17.0. The summed E-state index contributed by atoms with van der Waals surface area (Å²) in [7, 11) is 3.57. The number of carbonyl (C=O) groups is 1. The summed E-state index contributed by atoms with van der Waals surface area (Å²) in [6, 6.07) is 8.15. The highest BCUT2D eigenvalue weighted by Gasteiger charge is 2.38. The second kappa shape index (κ2) is 7.75. The summed E-state index contributed by atoms with van der Waals surface area (Å²) in [4.78, 5) is 17.3. The molecule has 0 spiro atoms. The predicted molar refractivity (Wildman–Crippen MR) is 110 cm³/mol. The molecular weight excluding hydrogens is 372 g/mol. The van der Waals surface area contributed by atoms with Crippen LogP contribution < -0.4 is 10.1 Å². The fraction of sp³-hybridized carbons (Fsp3) is 0.381. The second-order valence-electron chi connectivity index (χ2n) is 7.31. The summed E-state index contributed by atoms with van der Waals surface area (Å²) in [5, 5.41) is 9.91. The van der Waals surface area contributed by atoms with E-state index >= 15 is 0 Å². The first-order valence-electron chi connectivity index (χ1n) is 9.47. The van der Waals surface area contributed by atoms with Crippen molar-refractivity contribution in [3.05, 3.63) is 53.3 Å². The molecule has 0 bridgehead atoms. The summed E-state index contributed by atoms with van der Waals surface area (Å²) < 4.78 is 7.33. The molecule has 1 aliphatic carbocycles. The van der Waals surface area contributed by atoms with Crippen LogP contribution >= 0.6 is 11.3 Å². The number of nitrogens with one attached hydrogen (secondary N) is 1. The van der Waals surface area contributed by atoms with Crippen molar-refractivity contribution in [1.29, 1.82) is 0 Å². The SMILES string of the molecule is COc1ccccc1C1(CNC(=O)c2csc(-c3cnn(C)c3)n2)CCCC1. The van der Waals surface area contributed by atoms with E-state index in [2.05, 4.69) is 21.5 Å². The first-order chi connectivity index (χ1) is 13.6. The van der Waals surface area contributed by atoms with E-state index in [4.69, 9.17) is 4.74 Å². The molecule has 146 valence electrons. The van der Waals surface area contributed by atoms with Crippen molar-refractivity contribution in [1.82, 2.24) is 20.1 Å². The summed E-state index contributed by atoms with van der Waals surface area (Å²) >= 11 is 1.46. The molecule has 0 unspecified atom stereocenters. The van der Waals surface area contributed by atoms with Crippen molar-refractivity contribution in [2.24, 2.45) is 7.05 Å². The third kappa shape index (κ3) is 3.54. The Labute approximate surface area is 168 Å². The van der Waals surface area contributed by atoms with Gasteiger partial charge in [0.2, 0.25) is 0 Å². The maximum Gasteiger partial charge on any atom is 0.270 e. The molecule has 7 heteroatoms. The molecule has 2 heterocycles. The number of aromatic nitrogens is 3. The van der Waals surface area contributed by atoms with Gasteiger partial charge in [0.15, 0.2) is 0 Å². The van der Waals surface area contributed by atoms with E-state index in [1.54, 1.807) is 18.0 Å². The van der Waals surface area contributed by atoms with E-state index in [-0.39, 0.29) is 11.3 Å². The lowest BCUT2D eigenvalue weighted by Gasteiger charge is -2.31. The highest BCUT2D eigenvalue weighted by molar-refractivity contribution is 7.13. The summed E-state index contributed by atoms with van der Waals surface area (Å²) in [6.07, 6.45) is 8.08. The number of hydrogen-bond donors (Lipinski definition) is 1. The Kier molecular flexibility index (Phi) is 5.17. The van der Waals surface area contributed by atoms with Gasteiger partial charge in [-0.15, -0.1) is 11.3 Å². The molecule has 0 saturated heterocycles. The molecule has 2 aromatic heterocycles. The molecule has 28 heavy (non-hydrogen) atoms. The zero-order valence-electron chi connectivity index (χ0n) is 16.1. The molecule has 1 aliphatic rings. The van der Waals surface area contributed by atoms with Gasteiger partial charge in [0.05, 0.1) is 13.3 Å². The number of nitrogens with zero attached hydrogens (tertiary/aromatic N) is 3. The number of aryl methyl sites for hydroxylation is 1. The number of carbonyl (C=O) groups excluding carboxylic acids is 1. The molecule has 0 atom stereocenters. The fourth-order valence-electron chi connectivity index (χ4n) is 4.06. The van der Waals surface area contributed by atoms with E-state index in [9.17, 15) is 4.79 Å².